The van der Waals surface area contributed by atoms with E-state index in [1.54, 1.807) is 0 Å². The number of carbonyl (C=O) groups excluding carboxylic acids is 1. The number of amides is 1. The Morgan fingerprint density at radius 3 is 2.78 bits per heavy atom. The van der Waals surface area contributed by atoms with Gasteiger partial charge in [0.15, 0.2) is 0 Å². The molecule has 1 aromatic heterocycles. The van der Waals surface area contributed by atoms with Crippen LogP contribution in [0.5, 0.6) is 0 Å². The van der Waals surface area contributed by atoms with Gasteiger partial charge in [0.05, 0.1) is 12.2 Å². The first-order valence-corrected chi connectivity index (χ1v) is 8.14. The fraction of sp³-hybridized carbons (Fsp3) is 0.444. The maximum atomic E-state index is 12.3. The van der Waals surface area contributed by atoms with Crippen molar-refractivity contribution in [2.75, 3.05) is 13.1 Å². The van der Waals surface area contributed by atoms with Crippen LogP contribution in [-0.4, -0.2) is 28.9 Å². The second kappa shape index (κ2) is 6.96. The van der Waals surface area contributed by atoms with Gasteiger partial charge in [-0.2, -0.15) is 0 Å². The third-order valence-corrected chi connectivity index (χ3v) is 4.27. The Morgan fingerprint density at radius 1 is 1.30 bits per heavy atom. The second-order valence-electron chi connectivity index (χ2n) is 6.12. The van der Waals surface area contributed by atoms with E-state index >= 15 is 0 Å². The Bertz CT molecular complexity index is 668. The number of hydrogen-bond acceptors (Lipinski definition) is 4. The molecule has 0 aliphatic carbocycles. The molecule has 1 saturated heterocycles. The van der Waals surface area contributed by atoms with Crippen LogP contribution in [-0.2, 0) is 13.1 Å². The molecule has 3 rings (SSSR count). The molecule has 1 N–H and O–H groups in total. The molecular formula is C18H23N3O2. The molecule has 1 fully saturated rings. The largest absolute Gasteiger partial charge is 0.444 e. The molecule has 0 spiro atoms. The van der Waals surface area contributed by atoms with Crippen LogP contribution in [0, 0.1) is 13.8 Å². The number of benzene rings is 1. The van der Waals surface area contributed by atoms with E-state index in [9.17, 15) is 4.79 Å². The van der Waals surface area contributed by atoms with Crippen molar-refractivity contribution in [1.29, 1.82) is 0 Å². The zero-order valence-corrected chi connectivity index (χ0v) is 13.8. The summed E-state index contributed by atoms with van der Waals surface area (Å²) < 4.78 is 5.48. The highest BCUT2D eigenvalue weighted by atomic mass is 16.4. The number of nitrogens with one attached hydrogen (secondary N) is 1. The van der Waals surface area contributed by atoms with Gasteiger partial charge in [-0.1, -0.05) is 12.1 Å². The molecule has 0 unspecified atom stereocenters. The van der Waals surface area contributed by atoms with E-state index < -0.39 is 0 Å². The highest BCUT2D eigenvalue weighted by molar-refractivity contribution is 5.94. The van der Waals surface area contributed by atoms with Crippen molar-refractivity contribution >= 4 is 5.91 Å². The highest BCUT2D eigenvalue weighted by Crippen LogP contribution is 2.14. The van der Waals surface area contributed by atoms with Gasteiger partial charge in [-0.3, -0.25) is 9.69 Å². The van der Waals surface area contributed by atoms with Gasteiger partial charge in [-0.25, -0.2) is 4.98 Å². The molecule has 5 nitrogen and oxygen atoms in total. The Labute approximate surface area is 136 Å². The van der Waals surface area contributed by atoms with E-state index in [1.807, 2.05) is 32.0 Å². The zero-order valence-electron chi connectivity index (χ0n) is 13.8. The van der Waals surface area contributed by atoms with E-state index in [0.29, 0.717) is 18.0 Å². The minimum Gasteiger partial charge on any atom is -0.444 e. The average molecular weight is 313 g/mol. The number of aromatic nitrogens is 1. The normalized spacial score (nSPS) is 15.0. The van der Waals surface area contributed by atoms with Gasteiger partial charge >= 0.3 is 0 Å². The Kier molecular flexibility index (Phi) is 4.76. The third-order valence-electron chi connectivity index (χ3n) is 4.27. The van der Waals surface area contributed by atoms with Crippen LogP contribution < -0.4 is 5.32 Å². The standard InChI is InChI=1S/C18H23N3O2/c1-13-14(2)23-17(20-13)11-19-18(22)16-7-5-6-15(10-16)12-21-8-3-4-9-21/h5-7,10H,3-4,8-9,11-12H2,1-2H3,(H,19,22). The van der Waals surface area contributed by atoms with Crippen molar-refractivity contribution < 1.29 is 9.21 Å². The summed E-state index contributed by atoms with van der Waals surface area (Å²) in [6, 6.07) is 7.84. The lowest BCUT2D eigenvalue weighted by molar-refractivity contribution is 0.0947. The molecule has 2 heterocycles. The average Bonchev–Trinajstić information content (AvgIpc) is 3.15. The Balaban J connectivity index is 1.60. The van der Waals surface area contributed by atoms with Crippen molar-refractivity contribution in [3.05, 3.63) is 52.7 Å². The number of hydrogen-bond donors (Lipinski definition) is 1. The topological polar surface area (TPSA) is 58.4 Å². The molecule has 0 atom stereocenters. The van der Waals surface area contributed by atoms with E-state index in [4.69, 9.17) is 4.42 Å². The highest BCUT2D eigenvalue weighted by Gasteiger charge is 2.13. The molecule has 1 aromatic carbocycles. The van der Waals surface area contributed by atoms with Gasteiger partial charge in [0.1, 0.15) is 5.76 Å². The molecule has 1 amide bonds. The predicted molar refractivity (Wildman–Crippen MR) is 88.1 cm³/mol. The van der Waals surface area contributed by atoms with E-state index in [0.717, 1.165) is 31.1 Å². The van der Waals surface area contributed by atoms with Crippen LogP contribution in [0.3, 0.4) is 0 Å². The molecule has 1 aliphatic heterocycles. The molecule has 0 saturated carbocycles. The van der Waals surface area contributed by atoms with E-state index in [1.165, 1.54) is 18.4 Å². The second-order valence-corrected chi connectivity index (χ2v) is 6.12. The van der Waals surface area contributed by atoms with Crippen LogP contribution in [0.15, 0.2) is 28.7 Å². The van der Waals surface area contributed by atoms with E-state index in [2.05, 4.69) is 21.3 Å². The van der Waals surface area contributed by atoms with E-state index in [-0.39, 0.29) is 5.91 Å². The maximum absolute atomic E-state index is 12.3. The molecule has 2 aromatic rings. The van der Waals surface area contributed by atoms with Crippen LogP contribution in [0.2, 0.25) is 0 Å². The first-order valence-electron chi connectivity index (χ1n) is 8.14. The lowest BCUT2D eigenvalue weighted by Gasteiger charge is -2.15. The van der Waals surface area contributed by atoms with Crippen LogP contribution in [0.1, 0.15) is 46.1 Å². The summed E-state index contributed by atoms with van der Waals surface area (Å²) in [7, 11) is 0. The third kappa shape index (κ3) is 3.99. The van der Waals surface area contributed by atoms with Gasteiger partial charge in [-0.15, -0.1) is 0 Å². The first-order chi connectivity index (χ1) is 11.1. The summed E-state index contributed by atoms with van der Waals surface area (Å²) in [6.07, 6.45) is 2.55. The monoisotopic (exact) mass is 313 g/mol. The van der Waals surface area contributed by atoms with Gasteiger partial charge in [0.25, 0.3) is 5.91 Å². The number of aryl methyl sites for hydroxylation is 2. The smallest absolute Gasteiger partial charge is 0.251 e. The summed E-state index contributed by atoms with van der Waals surface area (Å²) in [5, 5.41) is 2.87. The maximum Gasteiger partial charge on any atom is 0.251 e. The van der Waals surface area contributed by atoms with Crippen LogP contribution in [0.25, 0.3) is 0 Å². The molecular weight excluding hydrogens is 290 g/mol. The van der Waals surface area contributed by atoms with Gasteiger partial charge < -0.3 is 9.73 Å². The quantitative estimate of drug-likeness (QED) is 0.922. The fourth-order valence-electron chi connectivity index (χ4n) is 2.88. The number of carbonyl (C=O) groups is 1. The molecule has 0 bridgehead atoms. The van der Waals surface area contributed by atoms with Crippen molar-refractivity contribution in [2.45, 2.75) is 39.8 Å². The zero-order chi connectivity index (χ0) is 16.2. The number of oxazole rings is 1. The van der Waals surface area contributed by atoms with Gasteiger partial charge in [0.2, 0.25) is 5.89 Å². The summed E-state index contributed by atoms with van der Waals surface area (Å²) in [6.45, 7) is 7.29. The molecule has 5 heteroatoms. The van der Waals surface area contributed by atoms with Crippen LogP contribution in [0.4, 0.5) is 0 Å². The summed E-state index contributed by atoms with van der Waals surface area (Å²) >= 11 is 0. The van der Waals surface area contributed by atoms with Gasteiger partial charge in [0, 0.05) is 12.1 Å². The molecule has 23 heavy (non-hydrogen) atoms. The predicted octanol–water partition coefficient (Wildman–Crippen LogP) is 2.82. The molecule has 1 aliphatic rings. The summed E-state index contributed by atoms with van der Waals surface area (Å²) in [5.41, 5.74) is 2.73. The van der Waals surface area contributed by atoms with Crippen molar-refractivity contribution in [3.63, 3.8) is 0 Å². The fourth-order valence-corrected chi connectivity index (χ4v) is 2.88. The number of nitrogens with zero attached hydrogens (tertiary/aromatic N) is 2. The summed E-state index contributed by atoms with van der Waals surface area (Å²) in [4.78, 5) is 19.0. The first kappa shape index (κ1) is 15.7. The lowest BCUT2D eigenvalue weighted by Crippen LogP contribution is -2.23. The Hall–Kier alpha value is -2.14. The van der Waals surface area contributed by atoms with Crippen molar-refractivity contribution in [2.24, 2.45) is 0 Å². The molecule has 0 radical (unpaired) electrons. The SMILES string of the molecule is Cc1nc(CNC(=O)c2cccc(CN3CCCC3)c2)oc1C. The minimum atomic E-state index is -0.0956. The minimum absolute atomic E-state index is 0.0956. The van der Waals surface area contributed by atoms with Gasteiger partial charge in [-0.05, 0) is 57.5 Å². The molecule has 122 valence electrons. The summed E-state index contributed by atoms with van der Waals surface area (Å²) in [5.74, 6) is 1.24. The Morgan fingerprint density at radius 2 is 2.09 bits per heavy atom. The van der Waals surface area contributed by atoms with Crippen molar-refractivity contribution in [3.8, 4) is 0 Å². The number of likely N-dealkylation sites (tertiary alicyclic amines) is 1. The lowest BCUT2D eigenvalue weighted by atomic mass is 10.1. The number of rotatable bonds is 5. The van der Waals surface area contributed by atoms with Crippen molar-refractivity contribution in [1.82, 2.24) is 15.2 Å². The van der Waals surface area contributed by atoms with Crippen LogP contribution >= 0.6 is 0 Å².